The number of hydrogen-bond acceptors (Lipinski definition) is 3. The van der Waals surface area contributed by atoms with Crippen molar-refractivity contribution in [3.05, 3.63) is 29.8 Å². The van der Waals surface area contributed by atoms with Gasteiger partial charge in [0.1, 0.15) is 11.8 Å². The van der Waals surface area contributed by atoms with E-state index in [2.05, 4.69) is 5.32 Å². The van der Waals surface area contributed by atoms with Crippen molar-refractivity contribution < 1.29 is 9.53 Å². The number of carbonyl (C=O) groups is 1. The van der Waals surface area contributed by atoms with Crippen LogP contribution in [-0.4, -0.2) is 18.6 Å². The number of rotatable bonds is 5. The highest BCUT2D eigenvalue weighted by molar-refractivity contribution is 5.77. The molecule has 1 N–H and O–H groups in total. The van der Waals surface area contributed by atoms with Crippen molar-refractivity contribution in [1.82, 2.24) is 5.32 Å². The van der Waals surface area contributed by atoms with E-state index < -0.39 is 0 Å². The molecule has 0 spiro atoms. The van der Waals surface area contributed by atoms with Crippen LogP contribution in [0, 0.1) is 17.2 Å². The Hall–Kier alpha value is -2.02. The SMILES string of the molecule is CC(C)C(C)NC(=O)COc1ccccc1C#N. The molecule has 0 heterocycles. The first kappa shape index (κ1) is 14.0. The van der Waals surface area contributed by atoms with Crippen molar-refractivity contribution >= 4 is 5.91 Å². The number of amides is 1. The van der Waals surface area contributed by atoms with E-state index in [0.717, 1.165) is 0 Å². The van der Waals surface area contributed by atoms with Gasteiger partial charge in [0.15, 0.2) is 6.61 Å². The van der Waals surface area contributed by atoms with Gasteiger partial charge in [0.2, 0.25) is 0 Å². The van der Waals surface area contributed by atoms with Crippen LogP contribution in [-0.2, 0) is 4.79 Å². The number of carbonyl (C=O) groups excluding carboxylic acids is 1. The van der Waals surface area contributed by atoms with Crippen molar-refractivity contribution in [3.63, 3.8) is 0 Å². The van der Waals surface area contributed by atoms with Crippen molar-refractivity contribution in [1.29, 1.82) is 5.26 Å². The van der Waals surface area contributed by atoms with Gasteiger partial charge < -0.3 is 10.1 Å². The molecule has 1 atom stereocenters. The summed E-state index contributed by atoms with van der Waals surface area (Å²) < 4.78 is 5.34. The molecular formula is C14H18N2O2. The lowest BCUT2D eigenvalue weighted by molar-refractivity contribution is -0.124. The molecule has 1 aromatic rings. The molecule has 0 aliphatic rings. The summed E-state index contributed by atoms with van der Waals surface area (Å²) in [4.78, 5) is 11.6. The third kappa shape index (κ3) is 4.10. The Balaban J connectivity index is 2.51. The zero-order valence-corrected chi connectivity index (χ0v) is 10.9. The average Bonchev–Trinajstić information content (AvgIpc) is 2.36. The molecule has 0 saturated carbocycles. The second kappa shape index (κ2) is 6.65. The zero-order chi connectivity index (χ0) is 13.5. The lowest BCUT2D eigenvalue weighted by Crippen LogP contribution is -2.39. The predicted molar refractivity (Wildman–Crippen MR) is 69.1 cm³/mol. The summed E-state index contributed by atoms with van der Waals surface area (Å²) in [6.45, 7) is 5.95. The van der Waals surface area contributed by atoms with Crippen LogP contribution >= 0.6 is 0 Å². The topological polar surface area (TPSA) is 62.1 Å². The molecule has 0 aliphatic carbocycles. The molecule has 1 rings (SSSR count). The van der Waals surface area contributed by atoms with Crippen LogP contribution < -0.4 is 10.1 Å². The fourth-order valence-electron chi connectivity index (χ4n) is 1.29. The Morgan fingerprint density at radius 1 is 1.39 bits per heavy atom. The Labute approximate surface area is 108 Å². The molecule has 96 valence electrons. The second-order valence-corrected chi connectivity index (χ2v) is 4.50. The van der Waals surface area contributed by atoms with Gasteiger partial charge in [0.25, 0.3) is 5.91 Å². The monoisotopic (exact) mass is 246 g/mol. The van der Waals surface area contributed by atoms with Crippen molar-refractivity contribution in [2.24, 2.45) is 5.92 Å². The van der Waals surface area contributed by atoms with E-state index in [9.17, 15) is 4.79 Å². The Morgan fingerprint density at radius 3 is 2.67 bits per heavy atom. The molecular weight excluding hydrogens is 228 g/mol. The number of nitrogens with one attached hydrogen (secondary N) is 1. The van der Waals surface area contributed by atoms with E-state index in [4.69, 9.17) is 10.00 Å². The van der Waals surface area contributed by atoms with Crippen molar-refractivity contribution in [3.8, 4) is 11.8 Å². The fraction of sp³-hybridized carbons (Fsp3) is 0.429. The van der Waals surface area contributed by atoms with Gasteiger partial charge in [0, 0.05) is 6.04 Å². The molecule has 0 fully saturated rings. The highest BCUT2D eigenvalue weighted by Crippen LogP contribution is 2.16. The number of nitriles is 1. The third-order valence-electron chi connectivity index (χ3n) is 2.75. The number of hydrogen-bond donors (Lipinski definition) is 1. The van der Waals surface area contributed by atoms with Crippen molar-refractivity contribution in [2.45, 2.75) is 26.8 Å². The molecule has 0 aromatic heterocycles. The minimum absolute atomic E-state index is 0.0737. The smallest absolute Gasteiger partial charge is 0.258 e. The second-order valence-electron chi connectivity index (χ2n) is 4.50. The lowest BCUT2D eigenvalue weighted by Gasteiger charge is -2.17. The first-order valence-corrected chi connectivity index (χ1v) is 5.96. The van der Waals surface area contributed by atoms with E-state index in [1.54, 1.807) is 24.3 Å². The van der Waals surface area contributed by atoms with E-state index in [1.165, 1.54) is 0 Å². The van der Waals surface area contributed by atoms with Crippen LogP contribution in [0.15, 0.2) is 24.3 Å². The van der Waals surface area contributed by atoms with Gasteiger partial charge in [0.05, 0.1) is 5.56 Å². The van der Waals surface area contributed by atoms with Crippen LogP contribution in [0.2, 0.25) is 0 Å². The number of ether oxygens (including phenoxy) is 1. The van der Waals surface area contributed by atoms with E-state index in [0.29, 0.717) is 17.2 Å². The summed E-state index contributed by atoms with van der Waals surface area (Å²) in [5, 5.41) is 11.7. The van der Waals surface area contributed by atoms with Crippen LogP contribution in [0.4, 0.5) is 0 Å². The summed E-state index contributed by atoms with van der Waals surface area (Å²) >= 11 is 0. The molecule has 0 saturated heterocycles. The maximum Gasteiger partial charge on any atom is 0.258 e. The predicted octanol–water partition coefficient (Wildman–Crippen LogP) is 2.10. The summed E-state index contributed by atoms with van der Waals surface area (Å²) in [6.07, 6.45) is 0. The van der Waals surface area contributed by atoms with Crippen LogP contribution in [0.1, 0.15) is 26.3 Å². The summed E-state index contributed by atoms with van der Waals surface area (Å²) in [7, 11) is 0. The van der Waals surface area contributed by atoms with Gasteiger partial charge >= 0.3 is 0 Å². The van der Waals surface area contributed by atoms with Gasteiger partial charge in [-0.2, -0.15) is 5.26 Å². The van der Waals surface area contributed by atoms with Gasteiger partial charge in [-0.05, 0) is 25.0 Å². The normalized spacial score (nSPS) is 11.7. The molecule has 1 unspecified atom stereocenters. The summed E-state index contributed by atoms with van der Waals surface area (Å²) in [6, 6.07) is 8.99. The van der Waals surface area contributed by atoms with Gasteiger partial charge in [-0.3, -0.25) is 4.79 Å². The fourth-order valence-corrected chi connectivity index (χ4v) is 1.29. The molecule has 1 amide bonds. The van der Waals surface area contributed by atoms with Crippen molar-refractivity contribution in [2.75, 3.05) is 6.61 Å². The highest BCUT2D eigenvalue weighted by Gasteiger charge is 2.11. The summed E-state index contributed by atoms with van der Waals surface area (Å²) in [5.74, 6) is 0.636. The maximum absolute atomic E-state index is 11.6. The quantitative estimate of drug-likeness (QED) is 0.865. The van der Waals surface area contributed by atoms with E-state index >= 15 is 0 Å². The molecule has 4 heteroatoms. The Kier molecular flexibility index (Phi) is 5.19. The van der Waals surface area contributed by atoms with Crippen LogP contribution in [0.5, 0.6) is 5.75 Å². The number of nitrogens with zero attached hydrogens (tertiary/aromatic N) is 1. The molecule has 0 radical (unpaired) electrons. The lowest BCUT2D eigenvalue weighted by atomic mass is 10.1. The van der Waals surface area contributed by atoms with Gasteiger partial charge in [-0.15, -0.1) is 0 Å². The van der Waals surface area contributed by atoms with Gasteiger partial charge in [-0.1, -0.05) is 26.0 Å². The zero-order valence-electron chi connectivity index (χ0n) is 10.9. The number of para-hydroxylation sites is 1. The Bertz CT molecular complexity index is 449. The van der Waals surface area contributed by atoms with Crippen LogP contribution in [0.25, 0.3) is 0 Å². The van der Waals surface area contributed by atoms with Crippen LogP contribution in [0.3, 0.4) is 0 Å². The standard InChI is InChI=1S/C14H18N2O2/c1-10(2)11(3)16-14(17)9-18-13-7-5-4-6-12(13)8-15/h4-7,10-11H,9H2,1-3H3,(H,16,17). The molecule has 0 aliphatic heterocycles. The number of benzene rings is 1. The first-order valence-electron chi connectivity index (χ1n) is 5.96. The summed E-state index contributed by atoms with van der Waals surface area (Å²) in [5.41, 5.74) is 0.433. The largest absolute Gasteiger partial charge is 0.482 e. The highest BCUT2D eigenvalue weighted by atomic mass is 16.5. The molecule has 1 aromatic carbocycles. The molecule has 18 heavy (non-hydrogen) atoms. The Morgan fingerprint density at radius 2 is 2.06 bits per heavy atom. The minimum atomic E-state index is -0.177. The first-order chi connectivity index (χ1) is 8.54. The minimum Gasteiger partial charge on any atom is -0.482 e. The molecule has 4 nitrogen and oxygen atoms in total. The average molecular weight is 246 g/mol. The third-order valence-corrected chi connectivity index (χ3v) is 2.75. The maximum atomic E-state index is 11.6. The van der Waals surface area contributed by atoms with E-state index in [1.807, 2.05) is 26.8 Å². The van der Waals surface area contributed by atoms with E-state index in [-0.39, 0.29) is 18.6 Å². The molecule has 0 bridgehead atoms. The van der Waals surface area contributed by atoms with Gasteiger partial charge in [-0.25, -0.2) is 0 Å².